The molecule has 2 rings (SSSR count). The van der Waals surface area contributed by atoms with Crippen LogP contribution in [0.4, 0.5) is 0 Å². The molecule has 1 saturated heterocycles. The summed E-state index contributed by atoms with van der Waals surface area (Å²) < 4.78 is 5.84. The van der Waals surface area contributed by atoms with E-state index in [0.29, 0.717) is 25.3 Å². The molecule has 1 aliphatic heterocycles. The molecule has 6 heteroatoms. The zero-order chi connectivity index (χ0) is 16.8. The topological polar surface area (TPSA) is 84.7 Å². The van der Waals surface area contributed by atoms with Crippen LogP contribution in [0.25, 0.3) is 0 Å². The molecular weight excluding hydrogens is 294 g/mol. The Labute approximate surface area is 136 Å². The Morgan fingerprint density at radius 1 is 1.39 bits per heavy atom. The van der Waals surface area contributed by atoms with E-state index in [-0.39, 0.29) is 17.7 Å². The van der Waals surface area contributed by atoms with E-state index >= 15 is 0 Å². The second-order valence-electron chi connectivity index (χ2n) is 5.96. The van der Waals surface area contributed by atoms with Gasteiger partial charge in [-0.2, -0.15) is 0 Å². The number of nitrogens with zero attached hydrogens (tertiary/aromatic N) is 1. The lowest BCUT2D eigenvalue weighted by Crippen LogP contribution is -2.50. The molecule has 1 heterocycles. The molecule has 126 valence electrons. The molecule has 23 heavy (non-hydrogen) atoms. The Kier molecular flexibility index (Phi) is 5.98. The predicted molar refractivity (Wildman–Crippen MR) is 87.5 cm³/mol. The first kappa shape index (κ1) is 17.3. The molecule has 0 bridgehead atoms. The highest BCUT2D eigenvalue weighted by Crippen LogP contribution is 2.20. The summed E-state index contributed by atoms with van der Waals surface area (Å²) in [6, 6.07) is 7.64. The summed E-state index contributed by atoms with van der Waals surface area (Å²) in [6.07, 6.45) is 1.60. The number of hydrazine groups is 1. The number of likely N-dealkylation sites (tertiary alicyclic amines) is 1. The molecular formula is C17H25N3O3. The van der Waals surface area contributed by atoms with Gasteiger partial charge in [-0.1, -0.05) is 24.6 Å². The molecule has 1 aliphatic rings. The van der Waals surface area contributed by atoms with Crippen molar-refractivity contribution in [3.63, 3.8) is 0 Å². The molecule has 0 radical (unpaired) electrons. The number of rotatable bonds is 5. The molecule has 2 amide bonds. The van der Waals surface area contributed by atoms with E-state index in [1.165, 1.54) is 0 Å². The van der Waals surface area contributed by atoms with Crippen molar-refractivity contribution >= 4 is 11.8 Å². The van der Waals surface area contributed by atoms with Gasteiger partial charge >= 0.3 is 0 Å². The van der Waals surface area contributed by atoms with Crippen molar-refractivity contribution < 1.29 is 14.3 Å². The Morgan fingerprint density at radius 3 is 2.70 bits per heavy atom. The number of benzene rings is 1. The van der Waals surface area contributed by atoms with Crippen LogP contribution in [0.5, 0.6) is 5.75 Å². The third-order valence-electron chi connectivity index (χ3n) is 4.19. The number of nitrogens with one attached hydrogen (secondary N) is 1. The van der Waals surface area contributed by atoms with Gasteiger partial charge in [0.15, 0.2) is 6.10 Å². The first-order valence-corrected chi connectivity index (χ1v) is 8.07. The van der Waals surface area contributed by atoms with Gasteiger partial charge in [0.25, 0.3) is 5.91 Å². The third-order valence-corrected chi connectivity index (χ3v) is 4.19. The van der Waals surface area contributed by atoms with E-state index in [1.54, 1.807) is 4.90 Å². The predicted octanol–water partition coefficient (Wildman–Crippen LogP) is 1.38. The molecule has 0 spiro atoms. The third kappa shape index (κ3) is 4.45. The first-order valence-electron chi connectivity index (χ1n) is 8.07. The zero-order valence-electron chi connectivity index (χ0n) is 13.7. The molecule has 2 atom stereocenters. The van der Waals surface area contributed by atoms with Crippen LogP contribution in [0.3, 0.4) is 0 Å². The van der Waals surface area contributed by atoms with Gasteiger partial charge in [0.2, 0.25) is 5.91 Å². The van der Waals surface area contributed by atoms with Crippen LogP contribution >= 0.6 is 0 Å². The summed E-state index contributed by atoms with van der Waals surface area (Å²) in [4.78, 5) is 26.1. The van der Waals surface area contributed by atoms with Crippen LogP contribution in [-0.2, 0) is 9.59 Å². The smallest absolute Gasteiger partial charge is 0.263 e. The fraction of sp³-hybridized carbons (Fsp3) is 0.529. The number of piperidine rings is 1. The number of carbonyl (C=O) groups excluding carboxylic acids is 2. The number of nitrogens with two attached hydrogens (primary N) is 1. The highest BCUT2D eigenvalue weighted by atomic mass is 16.5. The second kappa shape index (κ2) is 7.97. The van der Waals surface area contributed by atoms with Crippen molar-refractivity contribution in [1.29, 1.82) is 0 Å². The van der Waals surface area contributed by atoms with Crippen LogP contribution in [0, 0.1) is 12.8 Å². The maximum absolute atomic E-state index is 12.7. The van der Waals surface area contributed by atoms with E-state index in [2.05, 4.69) is 5.43 Å². The van der Waals surface area contributed by atoms with Crippen LogP contribution < -0.4 is 16.0 Å². The second-order valence-corrected chi connectivity index (χ2v) is 5.96. The Bertz CT molecular complexity index is 545. The van der Waals surface area contributed by atoms with Crippen LogP contribution in [0.2, 0.25) is 0 Å². The standard InChI is InChI=1S/C17H25N3O3/c1-3-15(23-14-8-6-12(2)7-9-14)17(22)20-10-4-5-13(11-20)16(21)19-18/h6-9,13,15H,3-5,10-11,18H2,1-2H3,(H,19,21). The highest BCUT2D eigenvalue weighted by molar-refractivity contribution is 5.83. The van der Waals surface area contributed by atoms with Crippen molar-refractivity contribution in [3.05, 3.63) is 29.8 Å². The van der Waals surface area contributed by atoms with Crippen molar-refractivity contribution in [1.82, 2.24) is 10.3 Å². The summed E-state index contributed by atoms with van der Waals surface area (Å²) in [5.74, 6) is 5.36. The van der Waals surface area contributed by atoms with Gasteiger partial charge < -0.3 is 9.64 Å². The van der Waals surface area contributed by atoms with Gasteiger partial charge in [0.05, 0.1) is 5.92 Å². The van der Waals surface area contributed by atoms with E-state index in [9.17, 15) is 9.59 Å². The molecule has 2 unspecified atom stereocenters. The van der Waals surface area contributed by atoms with Gasteiger partial charge in [-0.05, 0) is 38.3 Å². The largest absolute Gasteiger partial charge is 0.481 e. The minimum absolute atomic E-state index is 0.0670. The number of ether oxygens (including phenoxy) is 1. The number of aryl methyl sites for hydroxylation is 1. The number of amides is 2. The first-order chi connectivity index (χ1) is 11.0. The lowest BCUT2D eigenvalue weighted by Gasteiger charge is -2.34. The quantitative estimate of drug-likeness (QED) is 0.488. The number of hydrogen-bond acceptors (Lipinski definition) is 4. The average molecular weight is 319 g/mol. The van der Waals surface area contributed by atoms with Gasteiger partial charge in [0, 0.05) is 13.1 Å². The SMILES string of the molecule is CCC(Oc1ccc(C)cc1)C(=O)N1CCCC(C(=O)NN)C1. The summed E-state index contributed by atoms with van der Waals surface area (Å²) >= 11 is 0. The summed E-state index contributed by atoms with van der Waals surface area (Å²) in [5.41, 5.74) is 3.32. The van der Waals surface area contributed by atoms with Crippen molar-refractivity contribution in [3.8, 4) is 5.75 Å². The highest BCUT2D eigenvalue weighted by Gasteiger charge is 2.31. The molecule has 1 fully saturated rings. The maximum atomic E-state index is 12.7. The molecule has 1 aromatic rings. The lowest BCUT2D eigenvalue weighted by atomic mass is 9.97. The average Bonchev–Trinajstić information content (AvgIpc) is 2.60. The Balaban J connectivity index is 2.01. The van der Waals surface area contributed by atoms with E-state index in [0.717, 1.165) is 18.4 Å². The van der Waals surface area contributed by atoms with Gasteiger partial charge in [-0.3, -0.25) is 15.0 Å². The molecule has 1 aromatic carbocycles. The monoisotopic (exact) mass is 319 g/mol. The van der Waals surface area contributed by atoms with Gasteiger partial charge in [0.1, 0.15) is 5.75 Å². The fourth-order valence-electron chi connectivity index (χ4n) is 2.80. The number of carbonyl (C=O) groups is 2. The van der Waals surface area contributed by atoms with Crippen molar-refractivity contribution in [2.45, 2.75) is 39.2 Å². The van der Waals surface area contributed by atoms with Gasteiger partial charge in [-0.15, -0.1) is 0 Å². The molecule has 0 saturated carbocycles. The van der Waals surface area contributed by atoms with Gasteiger partial charge in [-0.25, -0.2) is 5.84 Å². The molecule has 0 aliphatic carbocycles. The number of hydrogen-bond donors (Lipinski definition) is 2. The van der Waals surface area contributed by atoms with Crippen molar-refractivity contribution in [2.75, 3.05) is 13.1 Å². The Hall–Kier alpha value is -2.08. The van der Waals surface area contributed by atoms with Crippen LogP contribution in [0.15, 0.2) is 24.3 Å². The van der Waals surface area contributed by atoms with Crippen molar-refractivity contribution in [2.24, 2.45) is 11.8 Å². The summed E-state index contributed by atoms with van der Waals surface area (Å²) in [5, 5.41) is 0. The normalized spacial score (nSPS) is 19.1. The molecule has 3 N–H and O–H groups in total. The van der Waals surface area contributed by atoms with E-state index in [4.69, 9.17) is 10.6 Å². The lowest BCUT2D eigenvalue weighted by molar-refractivity contribution is -0.142. The Morgan fingerprint density at radius 2 is 2.09 bits per heavy atom. The summed E-state index contributed by atoms with van der Waals surface area (Å²) in [7, 11) is 0. The minimum atomic E-state index is -0.530. The maximum Gasteiger partial charge on any atom is 0.263 e. The fourth-order valence-corrected chi connectivity index (χ4v) is 2.80. The van der Waals surface area contributed by atoms with Crippen LogP contribution in [-0.4, -0.2) is 35.9 Å². The van der Waals surface area contributed by atoms with E-state index in [1.807, 2.05) is 38.1 Å². The molecule has 6 nitrogen and oxygen atoms in total. The van der Waals surface area contributed by atoms with Crippen LogP contribution in [0.1, 0.15) is 31.7 Å². The zero-order valence-corrected chi connectivity index (χ0v) is 13.7. The summed E-state index contributed by atoms with van der Waals surface area (Å²) in [6.45, 7) is 4.98. The van der Waals surface area contributed by atoms with E-state index < -0.39 is 6.10 Å². The minimum Gasteiger partial charge on any atom is -0.481 e. The molecule has 0 aromatic heterocycles.